The van der Waals surface area contributed by atoms with Crippen molar-refractivity contribution in [1.29, 1.82) is 0 Å². The summed E-state index contributed by atoms with van der Waals surface area (Å²) in [6.07, 6.45) is 1.84. The summed E-state index contributed by atoms with van der Waals surface area (Å²) in [7, 11) is 0. The van der Waals surface area contributed by atoms with Crippen molar-refractivity contribution in [2.75, 3.05) is 6.54 Å². The van der Waals surface area contributed by atoms with Gasteiger partial charge in [0.05, 0.1) is 18.2 Å². The minimum absolute atomic E-state index is 0.0641. The highest BCUT2D eigenvalue weighted by Gasteiger charge is 2.28. The van der Waals surface area contributed by atoms with Crippen LogP contribution in [0.25, 0.3) is 0 Å². The SMILES string of the molecule is CC(NC(=O)C1CNC(=O)C1)c1ccco1. The zero-order valence-corrected chi connectivity index (χ0v) is 9.03. The maximum absolute atomic E-state index is 11.8. The molecule has 0 aliphatic carbocycles. The lowest BCUT2D eigenvalue weighted by molar-refractivity contribution is -0.127. The van der Waals surface area contributed by atoms with Crippen molar-refractivity contribution in [2.45, 2.75) is 19.4 Å². The van der Waals surface area contributed by atoms with Crippen LogP contribution in [0.4, 0.5) is 0 Å². The molecule has 0 radical (unpaired) electrons. The Balaban J connectivity index is 1.90. The molecular weight excluding hydrogens is 208 g/mol. The van der Waals surface area contributed by atoms with Crippen LogP contribution in [0.1, 0.15) is 25.1 Å². The number of carbonyl (C=O) groups excluding carboxylic acids is 2. The summed E-state index contributed by atoms with van der Waals surface area (Å²) in [6.45, 7) is 2.27. The molecule has 1 saturated heterocycles. The van der Waals surface area contributed by atoms with Crippen molar-refractivity contribution in [1.82, 2.24) is 10.6 Å². The van der Waals surface area contributed by atoms with E-state index in [-0.39, 0.29) is 30.2 Å². The molecule has 16 heavy (non-hydrogen) atoms. The number of carbonyl (C=O) groups is 2. The lowest BCUT2D eigenvalue weighted by Gasteiger charge is -2.14. The average Bonchev–Trinajstić information content (AvgIpc) is 2.87. The molecule has 0 spiro atoms. The first-order valence-electron chi connectivity index (χ1n) is 5.27. The van der Waals surface area contributed by atoms with Gasteiger partial charge in [-0.2, -0.15) is 0 Å². The van der Waals surface area contributed by atoms with Crippen LogP contribution in [0.5, 0.6) is 0 Å². The Morgan fingerprint density at radius 1 is 1.69 bits per heavy atom. The van der Waals surface area contributed by atoms with E-state index < -0.39 is 0 Å². The Kier molecular flexibility index (Phi) is 2.94. The monoisotopic (exact) mass is 222 g/mol. The van der Waals surface area contributed by atoms with Gasteiger partial charge >= 0.3 is 0 Å². The third-order valence-corrected chi connectivity index (χ3v) is 2.68. The Morgan fingerprint density at radius 3 is 3.06 bits per heavy atom. The Morgan fingerprint density at radius 2 is 2.50 bits per heavy atom. The molecule has 0 bridgehead atoms. The van der Waals surface area contributed by atoms with Crippen LogP contribution < -0.4 is 10.6 Å². The highest BCUT2D eigenvalue weighted by molar-refractivity contribution is 5.89. The first-order valence-corrected chi connectivity index (χ1v) is 5.27. The van der Waals surface area contributed by atoms with Gasteiger partial charge in [0.1, 0.15) is 5.76 Å². The molecule has 0 aromatic carbocycles. The quantitative estimate of drug-likeness (QED) is 0.786. The lowest BCUT2D eigenvalue weighted by atomic mass is 10.1. The zero-order chi connectivity index (χ0) is 11.5. The van der Waals surface area contributed by atoms with Gasteiger partial charge < -0.3 is 15.1 Å². The maximum Gasteiger partial charge on any atom is 0.225 e. The molecule has 2 heterocycles. The van der Waals surface area contributed by atoms with Crippen molar-refractivity contribution >= 4 is 11.8 Å². The summed E-state index contributed by atoms with van der Waals surface area (Å²) in [5.41, 5.74) is 0. The van der Waals surface area contributed by atoms with Crippen molar-refractivity contribution in [3.05, 3.63) is 24.2 Å². The standard InChI is InChI=1S/C11H14N2O3/c1-7(9-3-2-4-16-9)13-11(15)8-5-10(14)12-6-8/h2-4,7-8H,5-6H2,1H3,(H,12,14)(H,13,15). The van der Waals surface area contributed by atoms with Crippen LogP contribution in [0.2, 0.25) is 0 Å². The molecule has 5 heteroatoms. The highest BCUT2D eigenvalue weighted by atomic mass is 16.3. The van der Waals surface area contributed by atoms with Gasteiger partial charge in [0.2, 0.25) is 11.8 Å². The highest BCUT2D eigenvalue weighted by Crippen LogP contribution is 2.15. The summed E-state index contributed by atoms with van der Waals surface area (Å²) in [5.74, 6) is 0.281. The van der Waals surface area contributed by atoms with E-state index in [9.17, 15) is 9.59 Å². The smallest absolute Gasteiger partial charge is 0.225 e. The van der Waals surface area contributed by atoms with Crippen LogP contribution in [0.3, 0.4) is 0 Å². The van der Waals surface area contributed by atoms with Crippen LogP contribution >= 0.6 is 0 Å². The predicted octanol–water partition coefficient (Wildman–Crippen LogP) is 0.593. The summed E-state index contributed by atoms with van der Waals surface area (Å²) >= 11 is 0. The fraction of sp³-hybridized carbons (Fsp3) is 0.455. The molecule has 1 aromatic rings. The first-order chi connectivity index (χ1) is 7.66. The molecule has 86 valence electrons. The van der Waals surface area contributed by atoms with Gasteiger partial charge in [-0.3, -0.25) is 9.59 Å². The summed E-state index contributed by atoms with van der Waals surface area (Å²) in [4.78, 5) is 22.7. The van der Waals surface area contributed by atoms with Gasteiger partial charge in [-0.05, 0) is 19.1 Å². The van der Waals surface area contributed by atoms with Gasteiger partial charge in [0.15, 0.2) is 0 Å². The molecule has 2 atom stereocenters. The van der Waals surface area contributed by atoms with Gasteiger partial charge in [-0.15, -0.1) is 0 Å². The van der Waals surface area contributed by atoms with E-state index in [2.05, 4.69) is 10.6 Å². The van der Waals surface area contributed by atoms with Gasteiger partial charge in [0.25, 0.3) is 0 Å². The maximum atomic E-state index is 11.8. The second kappa shape index (κ2) is 4.38. The normalized spacial score (nSPS) is 21.6. The predicted molar refractivity (Wildman–Crippen MR) is 56.4 cm³/mol. The Labute approximate surface area is 93.2 Å². The molecule has 5 nitrogen and oxygen atoms in total. The third kappa shape index (κ3) is 2.24. The van der Waals surface area contributed by atoms with E-state index in [1.54, 1.807) is 12.3 Å². The summed E-state index contributed by atoms with van der Waals surface area (Å²) in [6, 6.07) is 3.42. The molecule has 2 rings (SSSR count). The van der Waals surface area contributed by atoms with Gasteiger partial charge in [0, 0.05) is 13.0 Å². The molecule has 1 aromatic heterocycles. The topological polar surface area (TPSA) is 71.3 Å². The van der Waals surface area contributed by atoms with Crippen molar-refractivity contribution in [3.63, 3.8) is 0 Å². The molecule has 0 saturated carbocycles. The molecule has 1 aliphatic rings. The Bertz CT molecular complexity index is 386. The second-order valence-electron chi connectivity index (χ2n) is 3.95. The van der Waals surface area contributed by atoms with E-state index in [0.717, 1.165) is 0 Å². The average molecular weight is 222 g/mol. The van der Waals surface area contributed by atoms with E-state index >= 15 is 0 Å². The number of nitrogens with one attached hydrogen (secondary N) is 2. The molecule has 2 N–H and O–H groups in total. The van der Waals surface area contributed by atoms with Gasteiger partial charge in [-0.1, -0.05) is 0 Å². The molecule has 2 unspecified atom stereocenters. The molecule has 2 amide bonds. The van der Waals surface area contributed by atoms with Gasteiger partial charge in [-0.25, -0.2) is 0 Å². The van der Waals surface area contributed by atoms with Crippen LogP contribution in [0.15, 0.2) is 22.8 Å². The van der Waals surface area contributed by atoms with E-state index in [4.69, 9.17) is 4.42 Å². The largest absolute Gasteiger partial charge is 0.467 e. The van der Waals surface area contributed by atoms with Crippen molar-refractivity contribution < 1.29 is 14.0 Å². The first kappa shape index (κ1) is 10.7. The van der Waals surface area contributed by atoms with E-state index in [0.29, 0.717) is 12.3 Å². The summed E-state index contributed by atoms with van der Waals surface area (Å²) in [5, 5.41) is 5.46. The van der Waals surface area contributed by atoms with E-state index in [1.807, 2.05) is 13.0 Å². The molecular formula is C11H14N2O3. The molecule has 1 aliphatic heterocycles. The Hall–Kier alpha value is -1.78. The van der Waals surface area contributed by atoms with Crippen molar-refractivity contribution in [2.24, 2.45) is 5.92 Å². The molecule has 1 fully saturated rings. The fourth-order valence-electron chi connectivity index (χ4n) is 1.73. The van der Waals surface area contributed by atoms with Crippen LogP contribution in [-0.2, 0) is 9.59 Å². The zero-order valence-electron chi connectivity index (χ0n) is 9.03. The third-order valence-electron chi connectivity index (χ3n) is 2.68. The number of hydrogen-bond donors (Lipinski definition) is 2. The number of hydrogen-bond acceptors (Lipinski definition) is 3. The number of furan rings is 1. The van der Waals surface area contributed by atoms with E-state index in [1.165, 1.54) is 0 Å². The second-order valence-corrected chi connectivity index (χ2v) is 3.95. The minimum Gasteiger partial charge on any atom is -0.467 e. The number of amides is 2. The lowest BCUT2D eigenvalue weighted by Crippen LogP contribution is -2.33. The number of rotatable bonds is 3. The summed E-state index contributed by atoms with van der Waals surface area (Å²) < 4.78 is 5.18. The van der Waals surface area contributed by atoms with Crippen LogP contribution in [0, 0.1) is 5.92 Å². The fourth-order valence-corrected chi connectivity index (χ4v) is 1.73. The van der Waals surface area contributed by atoms with Crippen LogP contribution in [-0.4, -0.2) is 18.4 Å². The van der Waals surface area contributed by atoms with Crippen molar-refractivity contribution in [3.8, 4) is 0 Å². The minimum atomic E-state index is -0.259.